The normalized spacial score (nSPS) is 30.4. The van der Waals surface area contributed by atoms with E-state index in [-0.39, 0.29) is 0 Å². The summed E-state index contributed by atoms with van der Waals surface area (Å²) in [5.74, 6) is 0. The number of hydrogen-bond donors (Lipinski definition) is 4. The summed E-state index contributed by atoms with van der Waals surface area (Å²) in [6.07, 6.45) is -3.27. The second-order valence-corrected chi connectivity index (χ2v) is 7.86. The smallest absolute Gasteiger partial charge is 0.119 e. The second kappa shape index (κ2) is 8.31. The Morgan fingerprint density at radius 1 is 0.964 bits per heavy atom. The van der Waals surface area contributed by atoms with E-state index in [1.807, 2.05) is 25.1 Å². The Morgan fingerprint density at radius 2 is 1.61 bits per heavy atom. The van der Waals surface area contributed by atoms with Gasteiger partial charge in [0.2, 0.25) is 0 Å². The highest BCUT2D eigenvalue weighted by molar-refractivity contribution is 5.39. The zero-order valence-electron chi connectivity index (χ0n) is 16.7. The van der Waals surface area contributed by atoms with E-state index in [2.05, 4.69) is 31.2 Å². The SMILES string of the molecule is CCc1ccc(Cc2cc([C@]3(C)OC(CO)[C@@H](O)[C@H](O)[C@H]3O)ccc2C)cc1. The van der Waals surface area contributed by atoms with E-state index in [1.54, 1.807) is 6.92 Å². The van der Waals surface area contributed by atoms with Gasteiger partial charge in [0.05, 0.1) is 6.61 Å². The molecule has 0 amide bonds. The maximum Gasteiger partial charge on any atom is 0.119 e. The third-order valence-corrected chi connectivity index (χ3v) is 5.94. The number of aryl methyl sites for hydroxylation is 2. The first-order chi connectivity index (χ1) is 13.3. The number of aliphatic hydroxyl groups excluding tert-OH is 4. The molecule has 1 aliphatic rings. The molecule has 0 aromatic heterocycles. The van der Waals surface area contributed by atoms with E-state index in [1.165, 1.54) is 11.1 Å². The van der Waals surface area contributed by atoms with Crippen LogP contribution in [0.3, 0.4) is 0 Å². The summed E-state index contributed by atoms with van der Waals surface area (Å²) in [7, 11) is 0. The molecule has 1 unspecified atom stereocenters. The fourth-order valence-corrected chi connectivity index (χ4v) is 3.85. The summed E-state index contributed by atoms with van der Waals surface area (Å²) in [6, 6.07) is 14.3. The predicted octanol–water partition coefficient (Wildman–Crippen LogP) is 1.84. The van der Waals surface area contributed by atoms with Crippen LogP contribution in [0.5, 0.6) is 0 Å². The fourth-order valence-electron chi connectivity index (χ4n) is 3.85. The molecule has 28 heavy (non-hydrogen) atoms. The summed E-state index contributed by atoms with van der Waals surface area (Å²) >= 11 is 0. The van der Waals surface area contributed by atoms with Crippen LogP contribution in [0.2, 0.25) is 0 Å². The van der Waals surface area contributed by atoms with Crippen LogP contribution in [-0.2, 0) is 23.2 Å². The lowest BCUT2D eigenvalue weighted by molar-refractivity contribution is -0.273. The fraction of sp³-hybridized carbons (Fsp3) is 0.478. The van der Waals surface area contributed by atoms with Crippen LogP contribution in [-0.4, -0.2) is 51.4 Å². The summed E-state index contributed by atoms with van der Waals surface area (Å²) in [6.45, 7) is 5.40. The molecule has 1 aliphatic heterocycles. The van der Waals surface area contributed by atoms with Crippen LogP contribution < -0.4 is 0 Å². The second-order valence-electron chi connectivity index (χ2n) is 7.86. The third kappa shape index (κ3) is 3.86. The monoisotopic (exact) mass is 386 g/mol. The lowest BCUT2D eigenvalue weighted by Crippen LogP contribution is -2.62. The Morgan fingerprint density at radius 3 is 2.21 bits per heavy atom. The molecule has 1 fully saturated rings. The highest BCUT2D eigenvalue weighted by Crippen LogP contribution is 2.39. The van der Waals surface area contributed by atoms with E-state index in [4.69, 9.17) is 4.74 Å². The molecular formula is C23H30O5. The molecule has 5 atom stereocenters. The Balaban J connectivity index is 1.92. The maximum absolute atomic E-state index is 10.6. The van der Waals surface area contributed by atoms with Crippen LogP contribution in [0.4, 0.5) is 0 Å². The van der Waals surface area contributed by atoms with Gasteiger partial charge >= 0.3 is 0 Å². The number of rotatable bonds is 5. The van der Waals surface area contributed by atoms with Crippen molar-refractivity contribution >= 4 is 0 Å². The highest BCUT2D eigenvalue weighted by Gasteiger charge is 2.51. The van der Waals surface area contributed by atoms with Gasteiger partial charge in [-0.05, 0) is 54.5 Å². The average molecular weight is 386 g/mol. The van der Waals surface area contributed by atoms with Crippen molar-refractivity contribution in [3.05, 3.63) is 70.3 Å². The molecular weight excluding hydrogens is 356 g/mol. The van der Waals surface area contributed by atoms with E-state index in [0.29, 0.717) is 5.56 Å². The van der Waals surface area contributed by atoms with Gasteiger partial charge in [-0.3, -0.25) is 0 Å². The maximum atomic E-state index is 10.6. The number of hydrogen-bond acceptors (Lipinski definition) is 5. The van der Waals surface area contributed by atoms with Gasteiger partial charge < -0.3 is 25.2 Å². The van der Waals surface area contributed by atoms with Gasteiger partial charge in [-0.25, -0.2) is 0 Å². The van der Waals surface area contributed by atoms with Crippen molar-refractivity contribution in [1.29, 1.82) is 0 Å². The topological polar surface area (TPSA) is 90.2 Å². The molecule has 0 saturated carbocycles. The summed E-state index contributed by atoms with van der Waals surface area (Å²) in [4.78, 5) is 0. The minimum absolute atomic E-state index is 0.441. The molecule has 0 radical (unpaired) electrons. The number of benzene rings is 2. The van der Waals surface area contributed by atoms with Crippen molar-refractivity contribution in [2.45, 2.75) is 63.6 Å². The summed E-state index contributed by atoms with van der Waals surface area (Å²) in [5, 5.41) is 40.4. The van der Waals surface area contributed by atoms with E-state index in [0.717, 1.165) is 24.0 Å². The average Bonchev–Trinajstić information content (AvgIpc) is 2.71. The zero-order valence-corrected chi connectivity index (χ0v) is 16.7. The van der Waals surface area contributed by atoms with Gasteiger partial charge in [-0.1, -0.05) is 49.4 Å². The Hall–Kier alpha value is -1.76. The van der Waals surface area contributed by atoms with Gasteiger partial charge in [0, 0.05) is 0 Å². The molecule has 152 valence electrons. The Kier molecular flexibility index (Phi) is 6.22. The Bertz CT molecular complexity index is 801. The minimum Gasteiger partial charge on any atom is -0.394 e. The number of aliphatic hydroxyl groups is 4. The molecule has 5 heteroatoms. The first-order valence-corrected chi connectivity index (χ1v) is 9.80. The highest BCUT2D eigenvalue weighted by atomic mass is 16.6. The summed E-state index contributed by atoms with van der Waals surface area (Å²) < 4.78 is 5.87. The van der Waals surface area contributed by atoms with Crippen molar-refractivity contribution in [3.63, 3.8) is 0 Å². The predicted molar refractivity (Wildman–Crippen MR) is 107 cm³/mol. The minimum atomic E-state index is -1.40. The number of ether oxygens (including phenoxy) is 1. The molecule has 0 aliphatic carbocycles. The molecule has 5 nitrogen and oxygen atoms in total. The molecule has 1 saturated heterocycles. The third-order valence-electron chi connectivity index (χ3n) is 5.94. The first kappa shape index (κ1) is 21.0. The van der Waals surface area contributed by atoms with E-state index in [9.17, 15) is 20.4 Å². The molecule has 1 heterocycles. The van der Waals surface area contributed by atoms with E-state index >= 15 is 0 Å². The first-order valence-electron chi connectivity index (χ1n) is 9.80. The molecule has 2 aromatic carbocycles. The van der Waals surface area contributed by atoms with Crippen LogP contribution in [0, 0.1) is 6.92 Å². The van der Waals surface area contributed by atoms with Gasteiger partial charge in [-0.15, -0.1) is 0 Å². The van der Waals surface area contributed by atoms with Crippen molar-refractivity contribution in [2.75, 3.05) is 6.61 Å². The van der Waals surface area contributed by atoms with Gasteiger partial charge in [-0.2, -0.15) is 0 Å². The van der Waals surface area contributed by atoms with Crippen molar-refractivity contribution in [3.8, 4) is 0 Å². The van der Waals surface area contributed by atoms with Crippen LogP contribution in [0.1, 0.15) is 41.7 Å². The molecule has 3 rings (SSSR count). The molecule has 4 N–H and O–H groups in total. The molecule has 0 spiro atoms. The van der Waals surface area contributed by atoms with Crippen LogP contribution in [0.15, 0.2) is 42.5 Å². The lowest BCUT2D eigenvalue weighted by atomic mass is 9.80. The quantitative estimate of drug-likeness (QED) is 0.630. The van der Waals surface area contributed by atoms with Gasteiger partial charge in [0.15, 0.2) is 0 Å². The van der Waals surface area contributed by atoms with Crippen molar-refractivity contribution in [1.82, 2.24) is 0 Å². The molecule has 0 bridgehead atoms. The Labute approximate surface area is 166 Å². The zero-order chi connectivity index (χ0) is 20.5. The largest absolute Gasteiger partial charge is 0.394 e. The van der Waals surface area contributed by atoms with Crippen molar-refractivity contribution < 1.29 is 25.2 Å². The van der Waals surface area contributed by atoms with Crippen molar-refractivity contribution in [2.24, 2.45) is 0 Å². The lowest BCUT2D eigenvalue weighted by Gasteiger charge is -2.47. The molecule has 2 aromatic rings. The van der Waals surface area contributed by atoms with Gasteiger partial charge in [0.25, 0.3) is 0 Å². The van der Waals surface area contributed by atoms with E-state index < -0.39 is 36.6 Å². The van der Waals surface area contributed by atoms with Crippen LogP contribution in [0.25, 0.3) is 0 Å². The van der Waals surface area contributed by atoms with Crippen LogP contribution >= 0.6 is 0 Å². The summed E-state index contributed by atoms with van der Waals surface area (Å²) in [5.41, 5.74) is 4.17. The van der Waals surface area contributed by atoms with Gasteiger partial charge in [0.1, 0.15) is 30.0 Å². The standard InChI is InChI=1S/C23H30O5/c1-4-15-6-8-16(9-7-15)11-17-12-18(10-5-14(17)2)23(3)22(27)21(26)20(25)19(13-24)28-23/h5-10,12,19-22,24-27H,4,11,13H2,1-3H3/t19?,20-,21+,22-,23+/m1/s1.